The van der Waals surface area contributed by atoms with Gasteiger partial charge in [0.15, 0.2) is 11.5 Å². The first-order chi connectivity index (χ1) is 10.9. The van der Waals surface area contributed by atoms with Crippen molar-refractivity contribution in [3.05, 3.63) is 65.9 Å². The van der Waals surface area contributed by atoms with Crippen LogP contribution in [0.3, 0.4) is 0 Å². The lowest BCUT2D eigenvalue weighted by Crippen LogP contribution is -2.15. The lowest BCUT2D eigenvalue weighted by atomic mass is 10.1. The summed E-state index contributed by atoms with van der Waals surface area (Å²) in [7, 11) is 0. The van der Waals surface area contributed by atoms with Crippen molar-refractivity contribution in [1.29, 1.82) is 0 Å². The molecule has 0 radical (unpaired) electrons. The average Bonchev–Trinajstić information content (AvgIpc) is 2.60. The summed E-state index contributed by atoms with van der Waals surface area (Å²) >= 11 is 0. The van der Waals surface area contributed by atoms with Crippen molar-refractivity contribution >= 4 is 23.1 Å². The van der Waals surface area contributed by atoms with E-state index in [1.807, 2.05) is 48.7 Å². The molecule has 3 heteroatoms. The highest BCUT2D eigenvalue weighted by atomic mass is 16.6. The smallest absolute Gasteiger partial charge is 0.161 e. The van der Waals surface area contributed by atoms with E-state index < -0.39 is 0 Å². The predicted molar refractivity (Wildman–Crippen MR) is 88.1 cm³/mol. The van der Waals surface area contributed by atoms with Crippen molar-refractivity contribution in [2.45, 2.75) is 0 Å². The molecule has 0 atom stereocenters. The van der Waals surface area contributed by atoms with Gasteiger partial charge in [-0.1, -0.05) is 36.4 Å². The van der Waals surface area contributed by atoms with Crippen molar-refractivity contribution in [3.63, 3.8) is 0 Å². The minimum atomic E-state index is 0.606. The highest BCUT2D eigenvalue weighted by Gasteiger charge is 2.10. The number of hydrogen-bond donors (Lipinski definition) is 0. The van der Waals surface area contributed by atoms with E-state index in [4.69, 9.17) is 9.47 Å². The van der Waals surface area contributed by atoms with E-state index >= 15 is 0 Å². The van der Waals surface area contributed by atoms with E-state index in [1.54, 1.807) is 0 Å². The van der Waals surface area contributed by atoms with Crippen LogP contribution in [-0.4, -0.2) is 18.2 Å². The summed E-state index contributed by atoms with van der Waals surface area (Å²) in [5.74, 6) is 1.63. The van der Waals surface area contributed by atoms with Crippen LogP contribution in [0.5, 0.6) is 11.5 Å². The first-order valence-electron chi connectivity index (χ1n) is 7.32. The number of fused-ring (bicyclic) bond motifs is 2. The lowest BCUT2D eigenvalue weighted by Gasteiger charge is -2.18. The van der Waals surface area contributed by atoms with E-state index in [2.05, 4.69) is 23.2 Å². The Bertz CT molecular complexity index is 850. The zero-order valence-electron chi connectivity index (χ0n) is 12.0. The molecular formula is C19H15NO2. The van der Waals surface area contributed by atoms with E-state index in [-0.39, 0.29) is 0 Å². The Morgan fingerprint density at radius 1 is 0.864 bits per heavy atom. The van der Waals surface area contributed by atoms with E-state index in [9.17, 15) is 0 Å². The summed E-state index contributed by atoms with van der Waals surface area (Å²) < 4.78 is 11.2. The molecule has 0 bridgehead atoms. The molecule has 3 nitrogen and oxygen atoms in total. The standard InChI is InChI=1S/C19H15NO2/c1-2-4-17-16(3-1)15(9-10-20-17)7-5-14-6-8-18-19(13-14)22-12-11-21-18/h1-10,13H,11-12H2/b7-5+. The molecular weight excluding hydrogens is 274 g/mol. The zero-order valence-corrected chi connectivity index (χ0v) is 12.0. The molecule has 0 saturated heterocycles. The molecule has 0 fully saturated rings. The van der Waals surface area contributed by atoms with Crippen LogP contribution < -0.4 is 9.47 Å². The number of hydrogen-bond acceptors (Lipinski definition) is 3. The molecule has 1 aromatic heterocycles. The van der Waals surface area contributed by atoms with E-state index in [1.165, 1.54) is 0 Å². The van der Waals surface area contributed by atoms with E-state index in [0.29, 0.717) is 13.2 Å². The second kappa shape index (κ2) is 5.53. The number of benzene rings is 2. The Hall–Kier alpha value is -2.81. The summed E-state index contributed by atoms with van der Waals surface area (Å²) in [6.07, 6.45) is 6.03. The van der Waals surface area contributed by atoms with E-state index in [0.717, 1.165) is 33.5 Å². The minimum Gasteiger partial charge on any atom is -0.486 e. The quantitative estimate of drug-likeness (QED) is 0.709. The van der Waals surface area contributed by atoms with Crippen LogP contribution in [0.15, 0.2) is 54.7 Å². The number of ether oxygens (including phenoxy) is 2. The molecule has 3 aromatic rings. The van der Waals surface area contributed by atoms with Gasteiger partial charge in [-0.05, 0) is 35.4 Å². The van der Waals surface area contributed by atoms with Crippen LogP contribution in [0.25, 0.3) is 23.1 Å². The second-order valence-electron chi connectivity index (χ2n) is 5.15. The largest absolute Gasteiger partial charge is 0.486 e. The normalized spacial score (nSPS) is 13.6. The predicted octanol–water partition coefficient (Wildman–Crippen LogP) is 4.18. The summed E-state index contributed by atoms with van der Waals surface area (Å²) in [4.78, 5) is 4.38. The molecule has 108 valence electrons. The molecule has 0 saturated carbocycles. The summed E-state index contributed by atoms with van der Waals surface area (Å²) in [6, 6.07) is 16.2. The lowest BCUT2D eigenvalue weighted by molar-refractivity contribution is 0.171. The molecule has 2 aromatic carbocycles. The third-order valence-corrected chi connectivity index (χ3v) is 3.70. The Morgan fingerprint density at radius 3 is 2.68 bits per heavy atom. The van der Waals surface area contributed by atoms with Crippen molar-refractivity contribution in [3.8, 4) is 11.5 Å². The molecule has 4 rings (SSSR count). The molecule has 0 aliphatic carbocycles. The van der Waals surface area contributed by atoms with Crippen LogP contribution >= 0.6 is 0 Å². The molecule has 22 heavy (non-hydrogen) atoms. The van der Waals surface area contributed by atoms with Crippen LogP contribution in [0.1, 0.15) is 11.1 Å². The molecule has 1 aliphatic rings. The first kappa shape index (κ1) is 12.9. The summed E-state index contributed by atoms with van der Waals surface area (Å²) in [5.41, 5.74) is 3.25. The monoisotopic (exact) mass is 289 g/mol. The van der Waals surface area contributed by atoms with Crippen molar-refractivity contribution < 1.29 is 9.47 Å². The average molecular weight is 289 g/mol. The topological polar surface area (TPSA) is 31.4 Å². The molecule has 0 unspecified atom stereocenters. The number of para-hydroxylation sites is 1. The molecule has 1 aliphatic heterocycles. The van der Waals surface area contributed by atoms with Gasteiger partial charge in [-0.15, -0.1) is 0 Å². The number of pyridine rings is 1. The van der Waals surface area contributed by atoms with Gasteiger partial charge >= 0.3 is 0 Å². The third-order valence-electron chi connectivity index (χ3n) is 3.70. The van der Waals surface area contributed by atoms with Crippen molar-refractivity contribution in [1.82, 2.24) is 4.98 Å². The van der Waals surface area contributed by atoms with Gasteiger partial charge in [0.25, 0.3) is 0 Å². The Morgan fingerprint density at radius 2 is 1.73 bits per heavy atom. The first-order valence-corrected chi connectivity index (χ1v) is 7.32. The van der Waals surface area contributed by atoms with Gasteiger partial charge in [-0.2, -0.15) is 0 Å². The minimum absolute atomic E-state index is 0.606. The Labute approximate surface area is 128 Å². The fraction of sp³-hybridized carbons (Fsp3) is 0.105. The Balaban J connectivity index is 1.69. The maximum absolute atomic E-state index is 5.62. The number of rotatable bonds is 2. The van der Waals surface area contributed by atoms with Gasteiger partial charge in [0.2, 0.25) is 0 Å². The third kappa shape index (κ3) is 2.42. The Kier molecular flexibility index (Phi) is 3.24. The van der Waals surface area contributed by atoms with Crippen LogP contribution in [-0.2, 0) is 0 Å². The molecule has 0 amide bonds. The summed E-state index contributed by atoms with van der Waals surface area (Å²) in [6.45, 7) is 1.22. The molecule has 2 heterocycles. The second-order valence-corrected chi connectivity index (χ2v) is 5.15. The summed E-state index contributed by atoms with van der Waals surface area (Å²) in [5, 5.41) is 1.15. The molecule has 0 N–H and O–H groups in total. The highest BCUT2D eigenvalue weighted by molar-refractivity contribution is 5.90. The van der Waals surface area contributed by atoms with Crippen molar-refractivity contribution in [2.24, 2.45) is 0 Å². The van der Waals surface area contributed by atoms with Crippen LogP contribution in [0.2, 0.25) is 0 Å². The molecule has 0 spiro atoms. The van der Waals surface area contributed by atoms with Gasteiger partial charge in [-0.25, -0.2) is 0 Å². The number of nitrogens with zero attached hydrogens (tertiary/aromatic N) is 1. The number of aromatic nitrogens is 1. The van der Waals surface area contributed by atoms with Crippen LogP contribution in [0.4, 0.5) is 0 Å². The van der Waals surface area contributed by atoms with Gasteiger partial charge in [0.05, 0.1) is 5.52 Å². The van der Waals surface area contributed by atoms with Gasteiger partial charge in [0.1, 0.15) is 13.2 Å². The maximum atomic E-state index is 5.62. The fourth-order valence-electron chi connectivity index (χ4n) is 2.61. The van der Waals surface area contributed by atoms with Gasteiger partial charge in [-0.3, -0.25) is 4.98 Å². The fourth-order valence-corrected chi connectivity index (χ4v) is 2.61. The maximum Gasteiger partial charge on any atom is 0.161 e. The van der Waals surface area contributed by atoms with Gasteiger partial charge < -0.3 is 9.47 Å². The van der Waals surface area contributed by atoms with Crippen LogP contribution in [0, 0.1) is 0 Å². The van der Waals surface area contributed by atoms with Gasteiger partial charge in [0, 0.05) is 11.6 Å². The SMILES string of the molecule is C(=C\c1ccnc2ccccc12)/c1ccc2c(c1)OCCO2. The van der Waals surface area contributed by atoms with Crippen molar-refractivity contribution in [2.75, 3.05) is 13.2 Å². The zero-order chi connectivity index (χ0) is 14.8. The highest BCUT2D eigenvalue weighted by Crippen LogP contribution is 2.31.